The predicted molar refractivity (Wildman–Crippen MR) is 94.7 cm³/mol. The highest BCUT2D eigenvalue weighted by molar-refractivity contribution is 5.94. The molecule has 0 aliphatic carbocycles. The molecule has 8 heteroatoms. The number of carbonyl (C=O) groups is 2. The molecule has 8 nitrogen and oxygen atoms in total. The maximum atomic E-state index is 12.5. The molecule has 0 radical (unpaired) electrons. The summed E-state index contributed by atoms with van der Waals surface area (Å²) < 4.78 is 10.3. The molecule has 3 aromatic rings. The molecular formula is C19H15N3O5. The number of fused-ring (bicyclic) bond motifs is 2. The number of rotatable bonds is 3. The van der Waals surface area contributed by atoms with Crippen molar-refractivity contribution in [3.63, 3.8) is 0 Å². The van der Waals surface area contributed by atoms with Crippen molar-refractivity contribution >= 4 is 23.0 Å². The standard InChI is InChI=1S/C19H15N3O5/c1-2-26-19(25)12-9-22-18(24)16-11(8-15(23)27-17(12)16)10-3-4-13-14(7-10)21-6-5-20-13/h3-7,9,11H,2,8H2,1H3,(H,22,24). The molecule has 27 heavy (non-hydrogen) atoms. The number of nitrogens with one attached hydrogen (secondary N) is 1. The number of H-pyrrole nitrogens is 1. The molecule has 0 saturated heterocycles. The molecule has 0 spiro atoms. The summed E-state index contributed by atoms with van der Waals surface area (Å²) in [6.07, 6.45) is 4.35. The van der Waals surface area contributed by atoms with Crippen LogP contribution < -0.4 is 10.3 Å². The van der Waals surface area contributed by atoms with Gasteiger partial charge in [-0.05, 0) is 24.6 Å². The number of nitrogens with zero attached hydrogens (tertiary/aromatic N) is 2. The van der Waals surface area contributed by atoms with E-state index in [2.05, 4.69) is 15.0 Å². The lowest BCUT2D eigenvalue weighted by atomic mass is 9.86. The maximum Gasteiger partial charge on any atom is 0.343 e. The topological polar surface area (TPSA) is 111 Å². The monoisotopic (exact) mass is 365 g/mol. The molecule has 3 heterocycles. The molecule has 1 N–H and O–H groups in total. The van der Waals surface area contributed by atoms with Crippen molar-refractivity contribution in [2.45, 2.75) is 19.3 Å². The number of benzene rings is 1. The van der Waals surface area contributed by atoms with Gasteiger partial charge in [-0.1, -0.05) is 6.07 Å². The van der Waals surface area contributed by atoms with Crippen molar-refractivity contribution in [1.29, 1.82) is 0 Å². The summed E-state index contributed by atoms with van der Waals surface area (Å²) >= 11 is 0. The molecule has 0 fully saturated rings. The number of carbonyl (C=O) groups excluding carboxylic acids is 2. The number of aromatic nitrogens is 3. The Morgan fingerprint density at radius 2 is 2.04 bits per heavy atom. The van der Waals surface area contributed by atoms with Gasteiger partial charge in [0.2, 0.25) is 0 Å². The third kappa shape index (κ3) is 2.95. The molecule has 0 bridgehead atoms. The van der Waals surface area contributed by atoms with Gasteiger partial charge in [-0.3, -0.25) is 19.6 Å². The Balaban J connectivity index is 1.89. The molecule has 1 aliphatic heterocycles. The molecule has 1 aromatic carbocycles. The van der Waals surface area contributed by atoms with Gasteiger partial charge in [0, 0.05) is 24.5 Å². The van der Waals surface area contributed by atoms with Crippen LogP contribution in [0.2, 0.25) is 0 Å². The van der Waals surface area contributed by atoms with E-state index in [4.69, 9.17) is 9.47 Å². The fraction of sp³-hybridized carbons (Fsp3) is 0.211. The number of pyridine rings is 1. The second-order valence-electron chi connectivity index (χ2n) is 6.03. The van der Waals surface area contributed by atoms with Crippen molar-refractivity contribution < 1.29 is 19.1 Å². The summed E-state index contributed by atoms with van der Waals surface area (Å²) in [7, 11) is 0. The van der Waals surface area contributed by atoms with Gasteiger partial charge in [0.05, 0.1) is 29.6 Å². The summed E-state index contributed by atoms with van der Waals surface area (Å²) in [5.41, 5.74) is 1.89. The van der Waals surface area contributed by atoms with E-state index in [9.17, 15) is 14.4 Å². The van der Waals surface area contributed by atoms with Gasteiger partial charge in [0.1, 0.15) is 5.56 Å². The van der Waals surface area contributed by atoms with Crippen molar-refractivity contribution in [3.05, 3.63) is 63.8 Å². The fourth-order valence-corrected chi connectivity index (χ4v) is 3.22. The summed E-state index contributed by atoms with van der Waals surface area (Å²) in [5.74, 6) is -1.80. The smallest absolute Gasteiger partial charge is 0.343 e. The van der Waals surface area contributed by atoms with E-state index < -0.39 is 23.4 Å². The highest BCUT2D eigenvalue weighted by Crippen LogP contribution is 2.38. The zero-order valence-electron chi connectivity index (χ0n) is 14.4. The highest BCUT2D eigenvalue weighted by Gasteiger charge is 2.35. The molecule has 0 amide bonds. The molecule has 1 aliphatic rings. The summed E-state index contributed by atoms with van der Waals surface area (Å²) in [6.45, 7) is 1.83. The molecule has 136 valence electrons. The van der Waals surface area contributed by atoms with Crippen molar-refractivity contribution in [3.8, 4) is 5.75 Å². The lowest BCUT2D eigenvalue weighted by Crippen LogP contribution is -2.30. The minimum Gasteiger partial charge on any atom is -0.462 e. The van der Waals surface area contributed by atoms with Gasteiger partial charge in [-0.25, -0.2) is 4.79 Å². The summed E-state index contributed by atoms with van der Waals surface area (Å²) in [4.78, 5) is 48.0. The predicted octanol–water partition coefficient (Wildman–Crippen LogP) is 1.94. The Morgan fingerprint density at radius 1 is 1.26 bits per heavy atom. The van der Waals surface area contributed by atoms with E-state index in [1.165, 1.54) is 6.20 Å². The van der Waals surface area contributed by atoms with Crippen LogP contribution in [0.25, 0.3) is 11.0 Å². The van der Waals surface area contributed by atoms with Gasteiger partial charge in [-0.2, -0.15) is 0 Å². The van der Waals surface area contributed by atoms with E-state index in [1.54, 1.807) is 37.5 Å². The van der Waals surface area contributed by atoms with Crippen molar-refractivity contribution in [1.82, 2.24) is 15.0 Å². The first-order valence-corrected chi connectivity index (χ1v) is 8.42. The molecule has 1 unspecified atom stereocenters. The third-order valence-corrected chi connectivity index (χ3v) is 4.41. The van der Waals surface area contributed by atoms with Gasteiger partial charge in [0.25, 0.3) is 5.56 Å². The second-order valence-corrected chi connectivity index (χ2v) is 6.03. The Kier molecular flexibility index (Phi) is 4.15. The number of ether oxygens (including phenoxy) is 2. The van der Waals surface area contributed by atoms with Crippen molar-refractivity contribution in [2.75, 3.05) is 6.61 Å². The van der Waals surface area contributed by atoms with Crippen LogP contribution in [-0.2, 0) is 9.53 Å². The summed E-state index contributed by atoms with van der Waals surface area (Å²) in [6, 6.07) is 5.35. The van der Waals surface area contributed by atoms with Crippen LogP contribution in [-0.4, -0.2) is 33.5 Å². The first kappa shape index (κ1) is 16.9. The van der Waals surface area contributed by atoms with Crippen LogP contribution in [0.15, 0.2) is 41.6 Å². The van der Waals surface area contributed by atoms with E-state index in [-0.39, 0.29) is 29.9 Å². The van der Waals surface area contributed by atoms with Gasteiger partial charge >= 0.3 is 11.9 Å². The van der Waals surface area contributed by atoms with Gasteiger partial charge < -0.3 is 14.5 Å². The average Bonchev–Trinajstić information content (AvgIpc) is 2.67. The van der Waals surface area contributed by atoms with Gasteiger partial charge in [0.15, 0.2) is 5.75 Å². The Morgan fingerprint density at radius 3 is 2.81 bits per heavy atom. The van der Waals surface area contributed by atoms with Gasteiger partial charge in [-0.15, -0.1) is 0 Å². The van der Waals surface area contributed by atoms with E-state index in [1.807, 2.05) is 0 Å². The normalized spacial score (nSPS) is 15.9. The van der Waals surface area contributed by atoms with Crippen LogP contribution in [0.5, 0.6) is 5.75 Å². The highest BCUT2D eigenvalue weighted by atomic mass is 16.5. The van der Waals surface area contributed by atoms with E-state index >= 15 is 0 Å². The molecule has 0 saturated carbocycles. The van der Waals surface area contributed by atoms with E-state index in [0.717, 1.165) is 0 Å². The quantitative estimate of drug-likeness (QED) is 0.706. The number of esters is 2. The molecule has 1 atom stereocenters. The van der Waals surface area contributed by atoms with Crippen LogP contribution >= 0.6 is 0 Å². The Hall–Kier alpha value is -3.55. The molecule has 2 aromatic heterocycles. The van der Waals surface area contributed by atoms with Crippen LogP contribution in [0, 0.1) is 0 Å². The number of hydrogen-bond acceptors (Lipinski definition) is 7. The minimum absolute atomic E-state index is 0.0186. The zero-order chi connectivity index (χ0) is 19.0. The third-order valence-electron chi connectivity index (χ3n) is 4.41. The number of aromatic amines is 1. The average molecular weight is 365 g/mol. The van der Waals surface area contributed by atoms with Crippen molar-refractivity contribution in [2.24, 2.45) is 0 Å². The lowest BCUT2D eigenvalue weighted by Gasteiger charge is -2.25. The van der Waals surface area contributed by atoms with E-state index in [0.29, 0.717) is 16.6 Å². The second kappa shape index (κ2) is 6.64. The number of hydrogen-bond donors (Lipinski definition) is 1. The maximum absolute atomic E-state index is 12.5. The first-order valence-electron chi connectivity index (χ1n) is 8.42. The Bertz CT molecular complexity index is 1120. The van der Waals surface area contributed by atoms with Crippen LogP contribution in [0.4, 0.5) is 0 Å². The molecular weight excluding hydrogens is 350 g/mol. The van der Waals surface area contributed by atoms with Crippen LogP contribution in [0.1, 0.15) is 40.7 Å². The zero-order valence-corrected chi connectivity index (χ0v) is 14.4. The minimum atomic E-state index is -0.664. The van der Waals surface area contributed by atoms with Crippen LogP contribution in [0.3, 0.4) is 0 Å². The largest absolute Gasteiger partial charge is 0.462 e. The molecule has 4 rings (SSSR count). The first-order chi connectivity index (χ1) is 13.1. The SMILES string of the molecule is CCOC(=O)c1c[nH]c(=O)c2c1OC(=O)CC2c1ccc2nccnc2c1. The summed E-state index contributed by atoms with van der Waals surface area (Å²) in [5, 5.41) is 0. The Labute approximate surface area is 153 Å². The fourth-order valence-electron chi connectivity index (χ4n) is 3.22. The lowest BCUT2D eigenvalue weighted by molar-refractivity contribution is -0.135.